The van der Waals surface area contributed by atoms with Gasteiger partial charge in [-0.3, -0.25) is 4.79 Å². The second kappa shape index (κ2) is 11.9. The van der Waals surface area contributed by atoms with Gasteiger partial charge in [0.15, 0.2) is 0 Å². The minimum Gasteiger partial charge on any atom is -0.368 e. The van der Waals surface area contributed by atoms with E-state index in [4.69, 9.17) is 4.84 Å². The Hall–Kier alpha value is -1.80. The molecule has 4 rings (SSSR count). The topological polar surface area (TPSA) is 65.1 Å². The summed E-state index contributed by atoms with van der Waals surface area (Å²) in [4.78, 5) is 29.6. The number of hydrazine groups is 1. The number of rotatable bonds is 8. The van der Waals surface area contributed by atoms with Crippen LogP contribution >= 0.6 is 0 Å². The first-order chi connectivity index (χ1) is 15.7. The lowest BCUT2D eigenvalue weighted by molar-refractivity contribution is -0.209. The molecule has 3 saturated heterocycles. The molecule has 176 valence electrons. The zero-order valence-electron chi connectivity index (χ0n) is 19.2. The predicted molar refractivity (Wildman–Crippen MR) is 123 cm³/mol. The van der Waals surface area contributed by atoms with E-state index in [1.807, 2.05) is 0 Å². The summed E-state index contributed by atoms with van der Waals surface area (Å²) in [6.45, 7) is 7.25. The van der Waals surface area contributed by atoms with Gasteiger partial charge in [0.05, 0.1) is 6.42 Å². The van der Waals surface area contributed by atoms with Gasteiger partial charge in [-0.2, -0.15) is 0 Å². The van der Waals surface area contributed by atoms with Gasteiger partial charge in [0.25, 0.3) is 0 Å². The second-order valence-electron chi connectivity index (χ2n) is 9.52. The number of hydroxylamine groups is 2. The molecule has 32 heavy (non-hydrogen) atoms. The number of carbonyl (C=O) groups excluding carboxylic acids is 2. The Morgan fingerprint density at radius 1 is 0.969 bits per heavy atom. The van der Waals surface area contributed by atoms with Gasteiger partial charge in [-0.25, -0.2) is 10.0 Å². The molecule has 0 amide bonds. The average Bonchev–Trinajstić information content (AvgIpc) is 2.85. The zero-order chi connectivity index (χ0) is 22.2. The molecule has 0 aliphatic carbocycles. The van der Waals surface area contributed by atoms with Gasteiger partial charge in [0.2, 0.25) is 0 Å². The van der Waals surface area contributed by atoms with Gasteiger partial charge in [-0.1, -0.05) is 30.3 Å². The van der Waals surface area contributed by atoms with E-state index >= 15 is 0 Å². The van der Waals surface area contributed by atoms with Crippen molar-refractivity contribution in [3.63, 3.8) is 0 Å². The van der Waals surface area contributed by atoms with Crippen LogP contribution in [0.25, 0.3) is 0 Å². The van der Waals surface area contributed by atoms with Crippen molar-refractivity contribution in [1.29, 1.82) is 0 Å². The summed E-state index contributed by atoms with van der Waals surface area (Å²) in [5.74, 6) is 0.573. The highest BCUT2D eigenvalue weighted by molar-refractivity contribution is 5.73. The Kier molecular flexibility index (Phi) is 8.68. The van der Waals surface area contributed by atoms with Crippen LogP contribution in [-0.2, 0) is 20.8 Å². The predicted octanol–water partition coefficient (Wildman–Crippen LogP) is 2.14. The summed E-state index contributed by atoms with van der Waals surface area (Å²) in [5.41, 5.74) is 1.44. The van der Waals surface area contributed by atoms with E-state index in [-0.39, 0.29) is 18.3 Å². The molecule has 7 heteroatoms. The van der Waals surface area contributed by atoms with Crippen molar-refractivity contribution in [2.24, 2.45) is 17.8 Å². The number of piperidine rings is 2. The zero-order valence-corrected chi connectivity index (χ0v) is 19.2. The number of hydrogen-bond acceptors (Lipinski definition) is 7. The first kappa shape index (κ1) is 23.4. The quantitative estimate of drug-likeness (QED) is 0.619. The summed E-state index contributed by atoms with van der Waals surface area (Å²) in [6.07, 6.45) is 6.70. The first-order valence-corrected chi connectivity index (χ1v) is 12.4. The maximum atomic E-state index is 12.4. The summed E-state index contributed by atoms with van der Waals surface area (Å²) < 4.78 is 0. The van der Waals surface area contributed by atoms with Gasteiger partial charge >= 0.3 is 5.97 Å². The Bertz CT molecular complexity index is 709. The molecule has 1 aromatic carbocycles. The largest absolute Gasteiger partial charge is 0.368 e. The van der Waals surface area contributed by atoms with E-state index in [0.717, 1.165) is 77.4 Å². The van der Waals surface area contributed by atoms with Crippen molar-refractivity contribution >= 4 is 12.3 Å². The third-order valence-corrected chi connectivity index (χ3v) is 7.37. The molecule has 0 saturated carbocycles. The lowest BCUT2D eigenvalue weighted by atomic mass is 9.84. The Morgan fingerprint density at radius 3 is 2.28 bits per heavy atom. The van der Waals surface area contributed by atoms with Crippen molar-refractivity contribution in [1.82, 2.24) is 20.4 Å². The van der Waals surface area contributed by atoms with Crippen LogP contribution in [0.4, 0.5) is 0 Å². The van der Waals surface area contributed by atoms with Crippen LogP contribution < -0.4 is 5.32 Å². The van der Waals surface area contributed by atoms with E-state index in [0.29, 0.717) is 5.92 Å². The number of aldehydes is 1. The van der Waals surface area contributed by atoms with Crippen LogP contribution in [0.2, 0.25) is 0 Å². The Morgan fingerprint density at radius 2 is 1.62 bits per heavy atom. The van der Waals surface area contributed by atoms with Crippen molar-refractivity contribution in [2.45, 2.75) is 38.5 Å². The van der Waals surface area contributed by atoms with Crippen molar-refractivity contribution in [3.05, 3.63) is 35.9 Å². The minimum absolute atomic E-state index is 0.198. The number of benzene rings is 1. The fourth-order valence-electron chi connectivity index (χ4n) is 5.38. The Balaban J connectivity index is 1.14. The van der Waals surface area contributed by atoms with E-state index in [2.05, 4.69) is 45.7 Å². The normalized spacial score (nSPS) is 23.6. The SMILES string of the molecule is O=CC(CC(=O)ON1CCN(N2CCC(Cc3ccccc3)CC2)CC1)C1CCNCC1. The van der Waals surface area contributed by atoms with Crippen LogP contribution in [0, 0.1) is 17.8 Å². The molecule has 1 atom stereocenters. The van der Waals surface area contributed by atoms with E-state index < -0.39 is 0 Å². The highest BCUT2D eigenvalue weighted by Gasteiger charge is 2.30. The van der Waals surface area contributed by atoms with Crippen LogP contribution in [0.5, 0.6) is 0 Å². The van der Waals surface area contributed by atoms with Crippen molar-refractivity contribution in [3.8, 4) is 0 Å². The van der Waals surface area contributed by atoms with Crippen LogP contribution in [0.1, 0.15) is 37.7 Å². The molecule has 0 radical (unpaired) electrons. The lowest BCUT2D eigenvalue weighted by Gasteiger charge is -2.43. The maximum Gasteiger partial charge on any atom is 0.325 e. The molecule has 1 unspecified atom stereocenters. The Labute approximate surface area is 192 Å². The molecule has 0 spiro atoms. The number of nitrogens with zero attached hydrogens (tertiary/aromatic N) is 3. The van der Waals surface area contributed by atoms with E-state index in [1.54, 1.807) is 5.06 Å². The molecule has 7 nitrogen and oxygen atoms in total. The molecule has 3 aliphatic rings. The van der Waals surface area contributed by atoms with Crippen molar-refractivity contribution in [2.75, 3.05) is 52.4 Å². The fourth-order valence-corrected chi connectivity index (χ4v) is 5.38. The smallest absolute Gasteiger partial charge is 0.325 e. The molecule has 3 aliphatic heterocycles. The molecule has 3 fully saturated rings. The van der Waals surface area contributed by atoms with Crippen LogP contribution in [0.15, 0.2) is 30.3 Å². The van der Waals surface area contributed by atoms with Gasteiger partial charge in [-0.05, 0) is 62.6 Å². The monoisotopic (exact) mass is 442 g/mol. The van der Waals surface area contributed by atoms with Gasteiger partial charge in [-0.15, -0.1) is 5.06 Å². The third-order valence-electron chi connectivity index (χ3n) is 7.37. The van der Waals surface area contributed by atoms with Gasteiger partial charge in [0, 0.05) is 45.2 Å². The van der Waals surface area contributed by atoms with Crippen molar-refractivity contribution < 1.29 is 14.4 Å². The van der Waals surface area contributed by atoms with E-state index in [1.165, 1.54) is 24.8 Å². The number of nitrogens with one attached hydrogen (secondary N) is 1. The number of hydrogen-bond donors (Lipinski definition) is 1. The highest BCUT2D eigenvalue weighted by atomic mass is 16.7. The number of piperazine rings is 1. The molecular weight excluding hydrogens is 404 g/mol. The maximum absolute atomic E-state index is 12.4. The molecular formula is C25H38N4O3. The third kappa shape index (κ3) is 6.61. The molecule has 0 bridgehead atoms. The lowest BCUT2D eigenvalue weighted by Crippen LogP contribution is -2.55. The average molecular weight is 443 g/mol. The van der Waals surface area contributed by atoms with Gasteiger partial charge < -0.3 is 14.9 Å². The van der Waals surface area contributed by atoms with E-state index in [9.17, 15) is 9.59 Å². The van der Waals surface area contributed by atoms with Gasteiger partial charge in [0.1, 0.15) is 6.29 Å². The summed E-state index contributed by atoms with van der Waals surface area (Å²) >= 11 is 0. The molecule has 0 aromatic heterocycles. The first-order valence-electron chi connectivity index (χ1n) is 12.4. The molecule has 1 N–H and O–H groups in total. The summed E-state index contributed by atoms with van der Waals surface area (Å²) in [5, 5.41) is 10.0. The summed E-state index contributed by atoms with van der Waals surface area (Å²) in [7, 11) is 0. The minimum atomic E-state index is -0.268. The highest BCUT2D eigenvalue weighted by Crippen LogP contribution is 2.25. The standard InChI is InChI=1S/C25H38N4O3/c30-20-24(23-6-10-26-11-7-23)19-25(31)32-29-16-14-28(15-17-29)27-12-8-22(9-13-27)18-21-4-2-1-3-5-21/h1-5,20,22-24,26H,6-19H2. The molecule has 3 heterocycles. The van der Waals surface area contributed by atoms with Crippen LogP contribution in [0.3, 0.4) is 0 Å². The van der Waals surface area contributed by atoms with Crippen LogP contribution in [-0.4, -0.2) is 79.7 Å². The number of carbonyl (C=O) groups is 2. The summed E-state index contributed by atoms with van der Waals surface area (Å²) in [6, 6.07) is 10.8. The fraction of sp³-hybridized carbons (Fsp3) is 0.680. The second-order valence-corrected chi connectivity index (χ2v) is 9.52. The molecule has 1 aromatic rings.